The molecule has 4 rings (SSSR count). The first-order valence-electron chi connectivity index (χ1n) is 11.5. The van der Waals surface area contributed by atoms with E-state index in [0.29, 0.717) is 5.76 Å². The Morgan fingerprint density at radius 3 is 1.62 bits per heavy atom. The molecule has 0 unspecified atom stereocenters. The average molecular weight is 457 g/mol. The number of benzene rings is 3. The zero-order chi connectivity index (χ0) is 24.0. The fourth-order valence-corrected chi connectivity index (χ4v) is 4.43. The van der Waals surface area contributed by atoms with E-state index in [-0.39, 0.29) is 19.6 Å². The number of rotatable bonds is 7. The van der Waals surface area contributed by atoms with Crippen molar-refractivity contribution in [3.8, 4) is 0 Å². The van der Waals surface area contributed by atoms with Crippen molar-refractivity contribution in [1.29, 1.82) is 0 Å². The van der Waals surface area contributed by atoms with Crippen LogP contribution in [0.15, 0.2) is 97.1 Å². The lowest BCUT2D eigenvalue weighted by molar-refractivity contribution is -0.173. The van der Waals surface area contributed by atoms with Crippen LogP contribution in [0.1, 0.15) is 37.0 Å². The molecule has 0 spiro atoms. The quantitative estimate of drug-likeness (QED) is 0.347. The SMILES string of the molecule is CCOC(=O)C1(C(=O)OCC)C=C(c2ccccc2)OC(c2ccccc2)(c2ccccc2)C1. The van der Waals surface area contributed by atoms with Crippen molar-refractivity contribution in [2.75, 3.05) is 13.2 Å². The molecular formula is C29H28O5. The summed E-state index contributed by atoms with van der Waals surface area (Å²) in [5.74, 6) is -0.886. The first-order chi connectivity index (χ1) is 16.6. The molecule has 0 aromatic heterocycles. The molecule has 0 atom stereocenters. The first-order valence-corrected chi connectivity index (χ1v) is 11.5. The smallest absolute Gasteiger partial charge is 0.327 e. The van der Waals surface area contributed by atoms with Gasteiger partial charge >= 0.3 is 11.9 Å². The van der Waals surface area contributed by atoms with Gasteiger partial charge < -0.3 is 14.2 Å². The highest BCUT2D eigenvalue weighted by molar-refractivity contribution is 6.04. The van der Waals surface area contributed by atoms with Crippen LogP contribution in [0.2, 0.25) is 0 Å². The molecule has 5 nitrogen and oxygen atoms in total. The number of ether oxygens (including phenoxy) is 3. The van der Waals surface area contributed by atoms with E-state index in [1.165, 1.54) is 0 Å². The summed E-state index contributed by atoms with van der Waals surface area (Å²) in [7, 11) is 0. The molecule has 0 radical (unpaired) electrons. The molecule has 0 aliphatic carbocycles. The maximum atomic E-state index is 13.5. The molecule has 0 saturated heterocycles. The topological polar surface area (TPSA) is 61.8 Å². The monoisotopic (exact) mass is 456 g/mol. The van der Waals surface area contributed by atoms with Gasteiger partial charge in [-0.1, -0.05) is 91.0 Å². The summed E-state index contributed by atoms with van der Waals surface area (Å²) >= 11 is 0. The number of hydrogen-bond donors (Lipinski definition) is 0. The van der Waals surface area contributed by atoms with Crippen LogP contribution in [0.25, 0.3) is 5.76 Å². The van der Waals surface area contributed by atoms with E-state index in [4.69, 9.17) is 14.2 Å². The Hall–Kier alpha value is -3.86. The number of carbonyl (C=O) groups excluding carboxylic acids is 2. The number of hydrogen-bond acceptors (Lipinski definition) is 5. The Morgan fingerprint density at radius 1 is 0.735 bits per heavy atom. The molecule has 0 fully saturated rings. The average Bonchev–Trinajstić information content (AvgIpc) is 2.90. The second kappa shape index (κ2) is 9.96. The predicted octanol–water partition coefficient (Wildman–Crippen LogP) is 5.50. The van der Waals surface area contributed by atoms with Crippen LogP contribution in [0.4, 0.5) is 0 Å². The lowest BCUT2D eigenvalue weighted by Crippen LogP contribution is -2.50. The fraction of sp³-hybridized carbons (Fsp3) is 0.241. The van der Waals surface area contributed by atoms with Crippen molar-refractivity contribution >= 4 is 17.7 Å². The molecule has 1 aliphatic heterocycles. The normalized spacial score (nSPS) is 16.0. The highest BCUT2D eigenvalue weighted by Crippen LogP contribution is 2.52. The third-order valence-electron chi connectivity index (χ3n) is 6.01. The molecule has 3 aromatic rings. The molecule has 0 bridgehead atoms. The van der Waals surface area contributed by atoms with Gasteiger partial charge in [0.2, 0.25) is 0 Å². The zero-order valence-electron chi connectivity index (χ0n) is 19.4. The number of esters is 2. The summed E-state index contributed by atoms with van der Waals surface area (Å²) in [5, 5.41) is 0. The van der Waals surface area contributed by atoms with Crippen molar-refractivity contribution < 1.29 is 23.8 Å². The summed E-state index contributed by atoms with van der Waals surface area (Å²) < 4.78 is 17.7. The Kier molecular flexibility index (Phi) is 6.82. The van der Waals surface area contributed by atoms with E-state index in [2.05, 4.69) is 0 Å². The summed E-state index contributed by atoms with van der Waals surface area (Å²) in [5.41, 5.74) is -0.443. The molecule has 0 saturated carbocycles. The summed E-state index contributed by atoms with van der Waals surface area (Å²) in [6.07, 6.45) is 1.57. The maximum Gasteiger partial charge on any atom is 0.327 e. The first kappa shape index (κ1) is 23.3. The fourth-order valence-electron chi connectivity index (χ4n) is 4.43. The van der Waals surface area contributed by atoms with E-state index in [9.17, 15) is 9.59 Å². The van der Waals surface area contributed by atoms with Gasteiger partial charge in [0, 0.05) is 12.0 Å². The van der Waals surface area contributed by atoms with Gasteiger partial charge in [-0.15, -0.1) is 0 Å². The van der Waals surface area contributed by atoms with Crippen LogP contribution < -0.4 is 0 Å². The third kappa shape index (κ3) is 4.21. The van der Waals surface area contributed by atoms with Crippen LogP contribution in [0, 0.1) is 5.41 Å². The van der Waals surface area contributed by atoms with Crippen molar-refractivity contribution in [2.45, 2.75) is 25.9 Å². The van der Waals surface area contributed by atoms with Gasteiger partial charge in [0.05, 0.1) is 13.2 Å². The van der Waals surface area contributed by atoms with Gasteiger partial charge in [-0.25, -0.2) is 0 Å². The lowest BCUT2D eigenvalue weighted by Gasteiger charge is -2.45. The predicted molar refractivity (Wildman–Crippen MR) is 129 cm³/mol. The molecule has 3 aromatic carbocycles. The highest BCUT2D eigenvalue weighted by Gasteiger charge is 2.58. The largest absolute Gasteiger partial charge is 0.477 e. The minimum Gasteiger partial charge on any atom is -0.477 e. The minimum atomic E-state index is -1.69. The van der Waals surface area contributed by atoms with Gasteiger partial charge in [0.25, 0.3) is 0 Å². The second-order valence-electron chi connectivity index (χ2n) is 8.12. The Bertz CT molecular complexity index is 1100. The van der Waals surface area contributed by atoms with Crippen LogP contribution >= 0.6 is 0 Å². The van der Waals surface area contributed by atoms with E-state index >= 15 is 0 Å². The van der Waals surface area contributed by atoms with Crippen LogP contribution in [0.5, 0.6) is 0 Å². The van der Waals surface area contributed by atoms with Gasteiger partial charge in [0.15, 0.2) is 11.0 Å². The Labute approximate surface area is 200 Å². The number of carbonyl (C=O) groups is 2. The molecule has 34 heavy (non-hydrogen) atoms. The lowest BCUT2D eigenvalue weighted by atomic mass is 9.69. The Morgan fingerprint density at radius 2 is 1.18 bits per heavy atom. The van der Waals surface area contributed by atoms with Gasteiger partial charge in [0.1, 0.15) is 5.76 Å². The molecule has 1 heterocycles. The zero-order valence-corrected chi connectivity index (χ0v) is 19.4. The maximum absolute atomic E-state index is 13.5. The summed E-state index contributed by atoms with van der Waals surface area (Å²) in [4.78, 5) is 27.1. The van der Waals surface area contributed by atoms with Gasteiger partial charge in [-0.2, -0.15) is 0 Å². The molecule has 1 aliphatic rings. The third-order valence-corrected chi connectivity index (χ3v) is 6.01. The van der Waals surface area contributed by atoms with Gasteiger partial charge in [-0.05, 0) is 31.1 Å². The molecular weight excluding hydrogens is 428 g/mol. The van der Waals surface area contributed by atoms with E-state index in [1.807, 2.05) is 91.0 Å². The second-order valence-corrected chi connectivity index (χ2v) is 8.12. The van der Waals surface area contributed by atoms with E-state index in [1.54, 1.807) is 19.9 Å². The molecule has 5 heteroatoms. The van der Waals surface area contributed by atoms with Crippen LogP contribution in [-0.4, -0.2) is 25.2 Å². The summed E-state index contributed by atoms with van der Waals surface area (Å²) in [6, 6.07) is 28.7. The summed E-state index contributed by atoms with van der Waals surface area (Å²) in [6.45, 7) is 3.72. The molecule has 0 amide bonds. The molecule has 174 valence electrons. The van der Waals surface area contributed by atoms with Crippen molar-refractivity contribution in [2.24, 2.45) is 5.41 Å². The minimum absolute atomic E-state index is 0.00201. The standard InChI is InChI=1S/C29H28O5/c1-3-32-26(30)28(27(31)33-4-2)20-25(22-14-8-5-9-15-22)34-29(21-28,23-16-10-6-11-17-23)24-18-12-7-13-19-24/h5-20H,3-4,21H2,1-2H3. The van der Waals surface area contributed by atoms with Crippen molar-refractivity contribution in [3.63, 3.8) is 0 Å². The Balaban J connectivity index is 2.03. The van der Waals surface area contributed by atoms with Gasteiger partial charge in [-0.3, -0.25) is 9.59 Å². The van der Waals surface area contributed by atoms with E-state index < -0.39 is 23.0 Å². The molecule has 0 N–H and O–H groups in total. The van der Waals surface area contributed by atoms with Crippen LogP contribution in [-0.2, 0) is 29.4 Å². The van der Waals surface area contributed by atoms with Crippen molar-refractivity contribution in [3.05, 3.63) is 114 Å². The van der Waals surface area contributed by atoms with E-state index in [0.717, 1.165) is 16.7 Å². The highest BCUT2D eigenvalue weighted by atomic mass is 16.6. The van der Waals surface area contributed by atoms with Crippen molar-refractivity contribution in [1.82, 2.24) is 0 Å². The van der Waals surface area contributed by atoms with Crippen LogP contribution in [0.3, 0.4) is 0 Å².